The summed E-state index contributed by atoms with van der Waals surface area (Å²) in [7, 11) is 1.64. The summed E-state index contributed by atoms with van der Waals surface area (Å²) >= 11 is 0. The molecule has 0 saturated carbocycles. The van der Waals surface area contributed by atoms with Crippen LogP contribution in [-0.2, 0) is 9.53 Å². The number of fused-ring (bicyclic) bond motifs is 1. The van der Waals surface area contributed by atoms with Crippen molar-refractivity contribution in [2.45, 2.75) is 38.5 Å². The van der Waals surface area contributed by atoms with Gasteiger partial charge in [-0.15, -0.1) is 4.99 Å². The second kappa shape index (κ2) is 6.70. The molecule has 1 aromatic rings. The minimum absolute atomic E-state index is 0.0318. The maximum absolute atomic E-state index is 11.6. The lowest BCUT2D eigenvalue weighted by Crippen LogP contribution is -2.56. The number of benzene rings is 1. The minimum Gasteiger partial charge on any atom is -0.484 e. The van der Waals surface area contributed by atoms with E-state index < -0.39 is 23.7 Å². The molecular weight excluding hydrogens is 322 g/mol. The molecule has 0 bridgehead atoms. The van der Waals surface area contributed by atoms with Gasteiger partial charge in [0.25, 0.3) is 0 Å². The molecule has 130 valence electrons. The molecule has 2 atom stereocenters. The highest BCUT2D eigenvalue weighted by atomic mass is 16.6. The van der Waals surface area contributed by atoms with E-state index in [0.29, 0.717) is 16.9 Å². The number of carbonyl (C=O) groups excluding carboxylic acids is 1. The molecule has 8 nitrogen and oxygen atoms in total. The van der Waals surface area contributed by atoms with Crippen molar-refractivity contribution in [2.24, 2.45) is 10.7 Å². The zero-order valence-electron chi connectivity index (χ0n) is 14.5. The Balaban J connectivity index is 2.66. The molecular formula is C17H19N5O3. The maximum atomic E-state index is 11.6. The van der Waals surface area contributed by atoms with Crippen molar-refractivity contribution in [1.29, 1.82) is 10.5 Å². The standard InChI is InChI=1S/C17H19N5O3/c1-10(23)24-15-14(22(4)16(20)21-9-19)12-7-11(8-18)5-6-13(12)25-17(15,2)3/h5-7,14-15H,1-4H3,(H2,20,21). The molecule has 0 aliphatic carbocycles. The van der Waals surface area contributed by atoms with Crippen LogP contribution in [0.1, 0.15) is 37.9 Å². The summed E-state index contributed by atoms with van der Waals surface area (Å²) < 4.78 is 11.5. The van der Waals surface area contributed by atoms with Gasteiger partial charge in [0.2, 0.25) is 12.2 Å². The summed E-state index contributed by atoms with van der Waals surface area (Å²) in [4.78, 5) is 16.7. The van der Waals surface area contributed by atoms with Gasteiger partial charge in [0, 0.05) is 19.5 Å². The molecule has 0 fully saturated rings. The van der Waals surface area contributed by atoms with Crippen molar-refractivity contribution < 1.29 is 14.3 Å². The van der Waals surface area contributed by atoms with Gasteiger partial charge in [0.15, 0.2) is 6.10 Å². The molecule has 1 aliphatic rings. The molecule has 2 rings (SSSR count). The second-order valence-corrected chi connectivity index (χ2v) is 6.23. The van der Waals surface area contributed by atoms with Crippen LogP contribution < -0.4 is 10.5 Å². The largest absolute Gasteiger partial charge is 0.484 e. The highest BCUT2D eigenvalue weighted by Gasteiger charge is 2.48. The number of nitrogens with two attached hydrogens (primary N) is 1. The van der Waals surface area contributed by atoms with E-state index in [9.17, 15) is 10.1 Å². The van der Waals surface area contributed by atoms with Gasteiger partial charge in [-0.3, -0.25) is 4.79 Å². The van der Waals surface area contributed by atoms with E-state index in [1.165, 1.54) is 6.92 Å². The van der Waals surface area contributed by atoms with E-state index >= 15 is 0 Å². The van der Waals surface area contributed by atoms with Crippen molar-refractivity contribution in [3.63, 3.8) is 0 Å². The van der Waals surface area contributed by atoms with Gasteiger partial charge < -0.3 is 20.1 Å². The number of guanidine groups is 1. The smallest absolute Gasteiger partial charge is 0.303 e. The normalized spacial score (nSPS) is 21.1. The van der Waals surface area contributed by atoms with Gasteiger partial charge in [-0.1, -0.05) is 0 Å². The maximum Gasteiger partial charge on any atom is 0.303 e. The lowest BCUT2D eigenvalue weighted by atomic mass is 9.85. The molecule has 25 heavy (non-hydrogen) atoms. The predicted octanol–water partition coefficient (Wildman–Crippen LogP) is 1.43. The van der Waals surface area contributed by atoms with Gasteiger partial charge in [-0.25, -0.2) is 0 Å². The Morgan fingerprint density at radius 3 is 2.68 bits per heavy atom. The topological polar surface area (TPSA) is 125 Å². The molecule has 8 heteroatoms. The third kappa shape index (κ3) is 3.48. The molecule has 0 spiro atoms. The molecule has 1 aromatic carbocycles. The summed E-state index contributed by atoms with van der Waals surface area (Å²) in [6.45, 7) is 4.89. The Morgan fingerprint density at radius 1 is 1.44 bits per heavy atom. The second-order valence-electron chi connectivity index (χ2n) is 6.23. The van der Waals surface area contributed by atoms with Crippen molar-refractivity contribution in [3.8, 4) is 18.0 Å². The molecule has 0 amide bonds. The first kappa shape index (κ1) is 18.1. The van der Waals surface area contributed by atoms with Crippen molar-refractivity contribution in [2.75, 3.05) is 7.05 Å². The first-order chi connectivity index (χ1) is 11.7. The van der Waals surface area contributed by atoms with Crippen LogP contribution in [0.4, 0.5) is 0 Å². The first-order valence-corrected chi connectivity index (χ1v) is 7.56. The highest BCUT2D eigenvalue weighted by Crippen LogP contribution is 2.44. The number of nitriles is 2. The lowest BCUT2D eigenvalue weighted by molar-refractivity contribution is -0.166. The summed E-state index contributed by atoms with van der Waals surface area (Å²) in [6.07, 6.45) is 0.908. The van der Waals surface area contributed by atoms with Crippen LogP contribution in [0.5, 0.6) is 5.75 Å². The van der Waals surface area contributed by atoms with Crippen molar-refractivity contribution >= 4 is 11.9 Å². The summed E-state index contributed by atoms with van der Waals surface area (Å²) in [6, 6.07) is 6.49. The summed E-state index contributed by atoms with van der Waals surface area (Å²) in [5.41, 5.74) is 6.07. The van der Waals surface area contributed by atoms with Gasteiger partial charge in [0.1, 0.15) is 17.4 Å². The van der Waals surface area contributed by atoms with Crippen LogP contribution >= 0.6 is 0 Å². The van der Waals surface area contributed by atoms with Crippen LogP contribution in [0.3, 0.4) is 0 Å². The lowest BCUT2D eigenvalue weighted by Gasteiger charge is -2.46. The van der Waals surface area contributed by atoms with E-state index in [2.05, 4.69) is 11.1 Å². The molecule has 2 unspecified atom stereocenters. The van der Waals surface area contributed by atoms with E-state index in [1.54, 1.807) is 50.2 Å². The fourth-order valence-corrected chi connectivity index (χ4v) is 2.90. The average molecular weight is 341 g/mol. The molecule has 0 aromatic heterocycles. The number of hydrogen-bond donors (Lipinski definition) is 1. The Morgan fingerprint density at radius 2 is 2.12 bits per heavy atom. The molecule has 1 aliphatic heterocycles. The summed E-state index contributed by atoms with van der Waals surface area (Å²) in [5.74, 6) is 0.0421. The molecule has 0 radical (unpaired) electrons. The summed E-state index contributed by atoms with van der Waals surface area (Å²) in [5, 5.41) is 18.0. The Labute approximate surface area is 146 Å². The van der Waals surface area contributed by atoms with Gasteiger partial charge >= 0.3 is 5.97 Å². The third-order valence-electron chi connectivity index (χ3n) is 4.04. The van der Waals surface area contributed by atoms with Gasteiger partial charge in [0.05, 0.1) is 11.6 Å². The average Bonchev–Trinajstić information content (AvgIpc) is 2.54. The first-order valence-electron chi connectivity index (χ1n) is 7.56. The Bertz CT molecular complexity index is 803. The third-order valence-corrected chi connectivity index (χ3v) is 4.04. The Hall–Kier alpha value is -3.26. The number of ether oxygens (including phenoxy) is 2. The zero-order valence-corrected chi connectivity index (χ0v) is 14.5. The van der Waals surface area contributed by atoms with Gasteiger partial charge in [-0.05, 0) is 32.0 Å². The number of hydrogen-bond acceptors (Lipinski definition) is 6. The molecule has 2 N–H and O–H groups in total. The van der Waals surface area contributed by atoms with Crippen LogP contribution in [-0.4, -0.2) is 35.6 Å². The van der Waals surface area contributed by atoms with E-state index in [1.807, 2.05) is 0 Å². The van der Waals surface area contributed by atoms with Crippen LogP contribution in [0.15, 0.2) is 23.2 Å². The predicted molar refractivity (Wildman–Crippen MR) is 89.2 cm³/mol. The zero-order chi connectivity index (χ0) is 18.8. The monoisotopic (exact) mass is 341 g/mol. The number of carbonyl (C=O) groups is 1. The number of aliphatic imine (C=N–C) groups is 1. The van der Waals surface area contributed by atoms with Crippen molar-refractivity contribution in [3.05, 3.63) is 29.3 Å². The van der Waals surface area contributed by atoms with E-state index in [4.69, 9.17) is 20.5 Å². The van der Waals surface area contributed by atoms with Crippen molar-refractivity contribution in [1.82, 2.24) is 4.90 Å². The number of nitrogens with zero attached hydrogens (tertiary/aromatic N) is 4. The SMILES string of the molecule is CC(=O)OC1C(N(C)C(N)=NC#N)c2cc(C#N)ccc2OC1(C)C. The van der Waals surface area contributed by atoms with Crippen LogP contribution in [0.25, 0.3) is 0 Å². The van der Waals surface area contributed by atoms with E-state index in [-0.39, 0.29) is 5.96 Å². The van der Waals surface area contributed by atoms with E-state index in [0.717, 1.165) is 0 Å². The molecule has 0 saturated heterocycles. The number of esters is 1. The number of rotatable bonds is 2. The fourth-order valence-electron chi connectivity index (χ4n) is 2.90. The number of likely N-dealkylation sites (N-methyl/N-ethyl adjacent to an activating group) is 1. The highest BCUT2D eigenvalue weighted by molar-refractivity contribution is 5.79. The Kier molecular flexibility index (Phi) is 4.84. The fraction of sp³-hybridized carbons (Fsp3) is 0.412. The minimum atomic E-state index is -0.862. The molecule has 1 heterocycles. The van der Waals surface area contributed by atoms with Crippen LogP contribution in [0.2, 0.25) is 0 Å². The quantitative estimate of drug-likeness (QED) is 0.373. The van der Waals surface area contributed by atoms with Crippen LogP contribution in [0, 0.1) is 22.8 Å². The van der Waals surface area contributed by atoms with Gasteiger partial charge in [-0.2, -0.15) is 10.5 Å².